The van der Waals surface area contributed by atoms with Gasteiger partial charge in [0.1, 0.15) is 0 Å². The number of likely N-dealkylation sites (N-methyl/N-ethyl adjacent to an activating group) is 1. The first-order valence-electron chi connectivity index (χ1n) is 12.2. The van der Waals surface area contributed by atoms with Gasteiger partial charge < -0.3 is 15.5 Å². The highest BCUT2D eigenvalue weighted by Gasteiger charge is 2.15. The Kier molecular flexibility index (Phi) is 7.55. The summed E-state index contributed by atoms with van der Waals surface area (Å²) in [6, 6.07) is 16.5. The molecule has 4 aromatic rings. The molecule has 1 saturated heterocycles. The Balaban J connectivity index is 1.21. The Bertz CT molecular complexity index is 1360. The summed E-state index contributed by atoms with van der Waals surface area (Å²) < 4.78 is 13.1. The number of piperazine rings is 1. The van der Waals surface area contributed by atoms with E-state index in [0.29, 0.717) is 16.4 Å². The second-order valence-corrected chi connectivity index (χ2v) is 10.2. The lowest BCUT2D eigenvalue weighted by molar-refractivity contribution is 0.102. The number of thiazole rings is 1. The van der Waals surface area contributed by atoms with Crippen LogP contribution in [0.5, 0.6) is 0 Å². The minimum absolute atomic E-state index is 0.152. The van der Waals surface area contributed by atoms with E-state index in [-0.39, 0.29) is 5.91 Å². The van der Waals surface area contributed by atoms with Crippen LogP contribution >= 0.6 is 11.3 Å². The van der Waals surface area contributed by atoms with Gasteiger partial charge in [0.05, 0.1) is 5.69 Å². The van der Waals surface area contributed by atoms with Gasteiger partial charge in [0.15, 0.2) is 5.13 Å². The summed E-state index contributed by atoms with van der Waals surface area (Å²) in [5.41, 5.74) is 5.86. The zero-order chi connectivity index (χ0) is 25.8. The maximum Gasteiger partial charge on any atom is 0.255 e. The van der Waals surface area contributed by atoms with Crippen molar-refractivity contribution in [3.05, 3.63) is 88.8 Å². The molecule has 0 saturated carbocycles. The van der Waals surface area contributed by atoms with Gasteiger partial charge >= 0.3 is 0 Å². The van der Waals surface area contributed by atoms with E-state index in [0.717, 1.165) is 55.2 Å². The molecule has 0 radical (unpaired) electrons. The Morgan fingerprint density at radius 2 is 1.84 bits per heavy atom. The maximum atomic E-state index is 13.1. The number of aryl methyl sites for hydroxylation is 1. The molecule has 0 spiro atoms. The Labute approximate surface area is 220 Å². The smallest absolute Gasteiger partial charge is 0.255 e. The number of carbonyl (C=O) groups excluding carboxylic acids is 1. The summed E-state index contributed by atoms with van der Waals surface area (Å²) in [5, 5.41) is 8.92. The fraction of sp³-hybridized carbons (Fsp3) is 0.250. The summed E-state index contributed by atoms with van der Waals surface area (Å²) in [6.07, 6.45) is 1.47. The molecule has 0 atom stereocenters. The molecule has 1 fully saturated rings. The van der Waals surface area contributed by atoms with Crippen LogP contribution in [0, 0.1) is 12.9 Å². The van der Waals surface area contributed by atoms with Crippen LogP contribution in [0.3, 0.4) is 0 Å². The first kappa shape index (κ1) is 25.0. The highest BCUT2D eigenvalue weighted by atomic mass is 32.1. The normalized spacial score (nSPS) is 14.5. The molecule has 7 nitrogen and oxygen atoms in total. The first-order valence-corrected chi connectivity index (χ1v) is 13.1. The molecule has 1 aliphatic rings. The number of carbonyl (C=O) groups is 1. The van der Waals surface area contributed by atoms with Crippen molar-refractivity contribution in [3.63, 3.8) is 0 Å². The van der Waals surface area contributed by atoms with Crippen LogP contribution in [0.4, 0.5) is 20.9 Å². The highest BCUT2D eigenvalue weighted by molar-refractivity contribution is 7.14. The third-order valence-electron chi connectivity index (χ3n) is 6.48. The topological polar surface area (TPSA) is 73.4 Å². The van der Waals surface area contributed by atoms with Crippen molar-refractivity contribution < 1.29 is 9.18 Å². The number of pyridine rings is 1. The first-order chi connectivity index (χ1) is 17.9. The molecule has 190 valence electrons. The van der Waals surface area contributed by atoms with E-state index in [1.54, 1.807) is 6.07 Å². The van der Waals surface area contributed by atoms with Gasteiger partial charge in [-0.15, -0.1) is 11.3 Å². The number of benzene rings is 2. The molecule has 9 heteroatoms. The number of aromatic nitrogens is 2. The number of rotatable bonds is 7. The van der Waals surface area contributed by atoms with Crippen LogP contribution in [-0.4, -0.2) is 58.9 Å². The van der Waals surface area contributed by atoms with Crippen molar-refractivity contribution >= 4 is 33.8 Å². The number of amides is 1. The zero-order valence-electron chi connectivity index (χ0n) is 20.9. The third kappa shape index (κ3) is 6.37. The number of nitrogens with zero attached hydrogens (tertiary/aromatic N) is 4. The van der Waals surface area contributed by atoms with Gasteiger partial charge in [0.25, 0.3) is 5.91 Å². The van der Waals surface area contributed by atoms with Crippen molar-refractivity contribution in [3.8, 4) is 11.3 Å². The SMILES string of the molecule is Cc1ccc(NC(=O)c2ccc(CN3CCN(C)CC3)cc2)cc1Nc1nc(-c2ccc(F)nc2)cs1. The van der Waals surface area contributed by atoms with Crippen molar-refractivity contribution in [1.29, 1.82) is 0 Å². The number of hydrogen-bond donors (Lipinski definition) is 2. The van der Waals surface area contributed by atoms with Crippen LogP contribution in [0.25, 0.3) is 11.3 Å². The molecule has 1 aliphatic heterocycles. The molecular formula is C28H29FN6OS. The van der Waals surface area contributed by atoms with E-state index in [4.69, 9.17) is 0 Å². The second-order valence-electron chi connectivity index (χ2n) is 9.29. The number of nitrogens with one attached hydrogen (secondary N) is 2. The van der Waals surface area contributed by atoms with Crippen molar-refractivity contribution in [2.24, 2.45) is 0 Å². The molecule has 5 rings (SSSR count). The van der Waals surface area contributed by atoms with Crippen LogP contribution in [0.2, 0.25) is 0 Å². The van der Waals surface area contributed by atoms with Crippen LogP contribution in [0.15, 0.2) is 66.2 Å². The van der Waals surface area contributed by atoms with Gasteiger partial charge in [-0.2, -0.15) is 4.39 Å². The third-order valence-corrected chi connectivity index (χ3v) is 7.24. The monoisotopic (exact) mass is 516 g/mol. The van der Waals surface area contributed by atoms with Gasteiger partial charge in [-0.1, -0.05) is 18.2 Å². The minimum Gasteiger partial charge on any atom is -0.331 e. The van der Waals surface area contributed by atoms with Crippen LogP contribution in [0.1, 0.15) is 21.5 Å². The van der Waals surface area contributed by atoms with Crippen molar-refractivity contribution in [2.45, 2.75) is 13.5 Å². The quantitative estimate of drug-likeness (QED) is 0.321. The lowest BCUT2D eigenvalue weighted by Gasteiger charge is -2.32. The average Bonchev–Trinajstić information content (AvgIpc) is 3.37. The average molecular weight is 517 g/mol. The second kappa shape index (κ2) is 11.2. The summed E-state index contributed by atoms with van der Waals surface area (Å²) in [4.78, 5) is 26.0. The molecule has 2 aromatic heterocycles. The Hall–Kier alpha value is -3.66. The number of anilines is 3. The summed E-state index contributed by atoms with van der Waals surface area (Å²) in [5.74, 6) is -0.672. The minimum atomic E-state index is -0.520. The van der Waals surface area contributed by atoms with E-state index in [1.165, 1.54) is 29.2 Å². The standard InChI is InChI=1S/C28H29FN6OS/c1-19-3-9-23(15-24(19)32-28-33-25(18-37-28)22-8-10-26(29)30-16-22)31-27(36)21-6-4-20(5-7-21)17-35-13-11-34(2)12-14-35/h3-10,15-16,18H,11-14,17H2,1-2H3,(H,31,36)(H,32,33). The summed E-state index contributed by atoms with van der Waals surface area (Å²) >= 11 is 1.45. The molecule has 0 unspecified atom stereocenters. The Morgan fingerprint density at radius 1 is 1.05 bits per heavy atom. The van der Waals surface area contributed by atoms with Gasteiger partial charge in [-0.3, -0.25) is 9.69 Å². The molecule has 3 heterocycles. The van der Waals surface area contributed by atoms with E-state index >= 15 is 0 Å². The molecule has 0 aliphatic carbocycles. The van der Waals surface area contributed by atoms with E-state index < -0.39 is 5.95 Å². The molecule has 2 aromatic carbocycles. The fourth-order valence-corrected chi connectivity index (χ4v) is 4.90. The van der Waals surface area contributed by atoms with E-state index in [9.17, 15) is 9.18 Å². The van der Waals surface area contributed by atoms with E-state index in [2.05, 4.69) is 37.4 Å². The lowest BCUT2D eigenvalue weighted by Crippen LogP contribution is -2.43. The molecule has 0 bridgehead atoms. The fourth-order valence-electron chi connectivity index (χ4n) is 4.17. The van der Waals surface area contributed by atoms with Crippen molar-refractivity contribution in [2.75, 3.05) is 43.9 Å². The van der Waals surface area contributed by atoms with Gasteiger partial charge in [-0.05, 0) is 61.5 Å². The van der Waals surface area contributed by atoms with Gasteiger partial charge in [0.2, 0.25) is 5.95 Å². The van der Waals surface area contributed by atoms with Crippen LogP contribution < -0.4 is 10.6 Å². The highest BCUT2D eigenvalue weighted by Crippen LogP contribution is 2.29. The largest absolute Gasteiger partial charge is 0.331 e. The van der Waals surface area contributed by atoms with Crippen molar-refractivity contribution in [1.82, 2.24) is 19.8 Å². The lowest BCUT2D eigenvalue weighted by atomic mass is 10.1. The maximum absolute atomic E-state index is 13.1. The van der Waals surface area contributed by atoms with Crippen LogP contribution in [-0.2, 0) is 6.54 Å². The number of halogens is 1. The van der Waals surface area contributed by atoms with Gasteiger partial charge in [0, 0.05) is 66.8 Å². The Morgan fingerprint density at radius 3 is 2.57 bits per heavy atom. The molecule has 2 N–H and O–H groups in total. The zero-order valence-corrected chi connectivity index (χ0v) is 21.7. The van der Waals surface area contributed by atoms with Gasteiger partial charge in [-0.25, -0.2) is 9.97 Å². The molecule has 37 heavy (non-hydrogen) atoms. The molecular weight excluding hydrogens is 487 g/mol. The van der Waals surface area contributed by atoms with E-state index in [1.807, 2.05) is 54.8 Å². The summed E-state index contributed by atoms with van der Waals surface area (Å²) in [7, 11) is 2.15. The number of hydrogen-bond acceptors (Lipinski definition) is 7. The summed E-state index contributed by atoms with van der Waals surface area (Å²) in [6.45, 7) is 7.19. The molecule has 1 amide bonds. The predicted octanol–water partition coefficient (Wildman–Crippen LogP) is 5.40. The predicted molar refractivity (Wildman–Crippen MR) is 147 cm³/mol.